The fourth-order valence-corrected chi connectivity index (χ4v) is 6.33. The predicted octanol–water partition coefficient (Wildman–Crippen LogP) is 2.68. The average Bonchev–Trinajstić information content (AvgIpc) is 3.28. The number of hydrogen-bond acceptors (Lipinski definition) is 4. The van der Waals surface area contributed by atoms with Crippen molar-refractivity contribution < 1.29 is 17.5 Å². The van der Waals surface area contributed by atoms with Crippen LogP contribution in [0.1, 0.15) is 11.5 Å². The van der Waals surface area contributed by atoms with E-state index in [2.05, 4.69) is 0 Å². The van der Waals surface area contributed by atoms with Gasteiger partial charge in [0.15, 0.2) is 9.84 Å². The highest BCUT2D eigenvalue weighted by atomic mass is 32.2. The van der Waals surface area contributed by atoms with E-state index in [4.69, 9.17) is 22.7 Å². The van der Waals surface area contributed by atoms with Crippen LogP contribution in [0, 0.1) is 11.2 Å². The molecule has 1 aliphatic rings. The van der Waals surface area contributed by atoms with E-state index < -0.39 is 26.4 Å². The quantitative estimate of drug-likeness (QED) is 0.782. The first-order chi connectivity index (χ1) is 11.9. The number of nitrogens with two attached hydrogens (primary N) is 1. The topological polar surface area (TPSA) is 69.4 Å². The maximum atomic E-state index is 13.3. The van der Waals surface area contributed by atoms with E-state index in [0.29, 0.717) is 5.56 Å². The number of ether oxygens (including phenoxy) is 1. The molecule has 1 saturated carbocycles. The Morgan fingerprint density at radius 3 is 2.32 bits per heavy atom. The highest BCUT2D eigenvalue weighted by Crippen LogP contribution is 2.64. The standard InChI is InChI=1S/C18H18FNO3S2/c1-23-11-18(17(20)24)15(12-7-9-13(19)10-8-12)16(18)25(21,22)14-5-3-2-4-6-14/h2-10,15-16H,11H2,1H3,(H2,20,24)/t15-,16-,18-/m0/s1. The van der Waals surface area contributed by atoms with Gasteiger partial charge in [0.2, 0.25) is 0 Å². The molecule has 3 atom stereocenters. The first-order valence-electron chi connectivity index (χ1n) is 7.69. The van der Waals surface area contributed by atoms with Gasteiger partial charge in [0.25, 0.3) is 0 Å². The molecule has 0 radical (unpaired) electrons. The molecule has 1 fully saturated rings. The van der Waals surface area contributed by atoms with Crippen LogP contribution in [0.25, 0.3) is 0 Å². The molecule has 132 valence electrons. The molecule has 0 bridgehead atoms. The molecule has 3 rings (SSSR count). The zero-order chi connectivity index (χ0) is 18.2. The number of rotatable bonds is 6. The third kappa shape index (κ3) is 2.86. The van der Waals surface area contributed by atoms with Gasteiger partial charge in [-0.25, -0.2) is 12.8 Å². The number of thiocarbonyl (C=S) groups is 1. The Bertz CT molecular complexity index is 884. The van der Waals surface area contributed by atoms with Crippen LogP contribution in [-0.2, 0) is 14.6 Å². The van der Waals surface area contributed by atoms with Crippen LogP contribution in [0.4, 0.5) is 4.39 Å². The Hall–Kier alpha value is -1.83. The molecule has 2 aromatic rings. The van der Waals surface area contributed by atoms with E-state index in [1.54, 1.807) is 42.5 Å². The van der Waals surface area contributed by atoms with Crippen molar-refractivity contribution in [3.8, 4) is 0 Å². The SMILES string of the molecule is COC[C@]1(C(N)=S)[C@@H](c2ccc(F)cc2)[C@@H]1S(=O)(=O)c1ccccc1. The first-order valence-corrected chi connectivity index (χ1v) is 9.64. The molecule has 0 aromatic heterocycles. The number of halogens is 1. The third-order valence-electron chi connectivity index (χ3n) is 4.73. The van der Waals surface area contributed by atoms with Crippen molar-refractivity contribution in [1.82, 2.24) is 0 Å². The fourth-order valence-electron chi connectivity index (χ4n) is 3.54. The number of hydrogen-bond donors (Lipinski definition) is 1. The number of methoxy groups -OCH3 is 1. The zero-order valence-corrected chi connectivity index (χ0v) is 15.2. The summed E-state index contributed by atoms with van der Waals surface area (Å²) in [5.41, 5.74) is 5.63. The molecule has 0 heterocycles. The van der Waals surface area contributed by atoms with Crippen LogP contribution in [0.5, 0.6) is 0 Å². The van der Waals surface area contributed by atoms with Gasteiger partial charge in [-0.1, -0.05) is 42.5 Å². The van der Waals surface area contributed by atoms with Crippen molar-refractivity contribution in [1.29, 1.82) is 0 Å². The van der Waals surface area contributed by atoms with Crippen LogP contribution in [-0.4, -0.2) is 32.4 Å². The van der Waals surface area contributed by atoms with Crippen molar-refractivity contribution >= 4 is 27.0 Å². The highest BCUT2D eigenvalue weighted by molar-refractivity contribution is 7.92. The monoisotopic (exact) mass is 379 g/mol. The van der Waals surface area contributed by atoms with E-state index >= 15 is 0 Å². The van der Waals surface area contributed by atoms with E-state index in [1.807, 2.05) is 0 Å². The Morgan fingerprint density at radius 1 is 1.20 bits per heavy atom. The lowest BCUT2D eigenvalue weighted by molar-refractivity contribution is 0.166. The molecule has 0 unspecified atom stereocenters. The van der Waals surface area contributed by atoms with Crippen LogP contribution in [0.3, 0.4) is 0 Å². The summed E-state index contributed by atoms with van der Waals surface area (Å²) in [5.74, 6) is -0.865. The first kappa shape index (κ1) is 18.0. The molecular formula is C18H18FNO3S2. The summed E-state index contributed by atoms with van der Waals surface area (Å²) in [5, 5.41) is -0.842. The van der Waals surface area contributed by atoms with Gasteiger partial charge in [-0.05, 0) is 29.8 Å². The normalized spacial score (nSPS) is 25.5. The van der Waals surface area contributed by atoms with Crippen molar-refractivity contribution in [3.05, 3.63) is 66.0 Å². The molecule has 2 N–H and O–H groups in total. The molecule has 0 aliphatic heterocycles. The molecule has 0 spiro atoms. The molecule has 0 saturated heterocycles. The van der Waals surface area contributed by atoms with E-state index in [1.165, 1.54) is 19.2 Å². The summed E-state index contributed by atoms with van der Waals surface area (Å²) < 4.78 is 44.9. The minimum atomic E-state index is -3.69. The van der Waals surface area contributed by atoms with Gasteiger partial charge in [-0.3, -0.25) is 0 Å². The van der Waals surface area contributed by atoms with Crippen LogP contribution >= 0.6 is 12.2 Å². The minimum Gasteiger partial charge on any atom is -0.393 e. The second-order valence-electron chi connectivity index (χ2n) is 6.15. The molecule has 0 amide bonds. The van der Waals surface area contributed by atoms with Gasteiger partial charge in [0.05, 0.1) is 27.2 Å². The lowest BCUT2D eigenvalue weighted by atomic mass is 10.00. The van der Waals surface area contributed by atoms with Gasteiger partial charge in [-0.2, -0.15) is 0 Å². The molecule has 25 heavy (non-hydrogen) atoms. The van der Waals surface area contributed by atoms with Crippen LogP contribution in [0.2, 0.25) is 0 Å². The Balaban J connectivity index is 2.12. The summed E-state index contributed by atoms with van der Waals surface area (Å²) in [7, 11) is -2.21. The van der Waals surface area contributed by atoms with E-state index in [0.717, 1.165) is 0 Å². The predicted molar refractivity (Wildman–Crippen MR) is 97.7 cm³/mol. The zero-order valence-electron chi connectivity index (χ0n) is 13.6. The van der Waals surface area contributed by atoms with Gasteiger partial charge in [-0.15, -0.1) is 0 Å². The number of benzene rings is 2. The van der Waals surface area contributed by atoms with Crippen LogP contribution in [0.15, 0.2) is 59.5 Å². The highest BCUT2D eigenvalue weighted by Gasteiger charge is 2.73. The number of sulfone groups is 1. The lowest BCUT2D eigenvalue weighted by Crippen LogP contribution is -2.33. The van der Waals surface area contributed by atoms with Crippen LogP contribution < -0.4 is 5.73 Å². The van der Waals surface area contributed by atoms with Crippen molar-refractivity contribution in [2.24, 2.45) is 11.1 Å². The van der Waals surface area contributed by atoms with Crippen molar-refractivity contribution in [3.63, 3.8) is 0 Å². The third-order valence-corrected chi connectivity index (χ3v) is 7.40. The van der Waals surface area contributed by atoms with Gasteiger partial charge in [0, 0.05) is 13.0 Å². The largest absolute Gasteiger partial charge is 0.393 e. The van der Waals surface area contributed by atoms with Gasteiger partial charge >= 0.3 is 0 Å². The summed E-state index contributed by atoms with van der Waals surface area (Å²) in [4.78, 5) is 0.300. The summed E-state index contributed by atoms with van der Waals surface area (Å²) in [6.45, 7) is 0.0844. The van der Waals surface area contributed by atoms with E-state index in [-0.39, 0.29) is 22.3 Å². The summed E-state index contributed by atoms with van der Waals surface area (Å²) >= 11 is 5.22. The Labute approximate surface area is 151 Å². The molecule has 2 aromatic carbocycles. The summed E-state index contributed by atoms with van der Waals surface area (Å²) in [6.07, 6.45) is 0. The Kier molecular flexibility index (Phi) is 4.66. The molecule has 1 aliphatic carbocycles. The van der Waals surface area contributed by atoms with Crippen molar-refractivity contribution in [2.75, 3.05) is 13.7 Å². The molecular weight excluding hydrogens is 361 g/mol. The lowest BCUT2D eigenvalue weighted by Gasteiger charge is -2.16. The van der Waals surface area contributed by atoms with Crippen molar-refractivity contribution in [2.45, 2.75) is 16.1 Å². The Morgan fingerprint density at radius 2 is 1.80 bits per heavy atom. The van der Waals surface area contributed by atoms with Gasteiger partial charge < -0.3 is 10.5 Å². The second-order valence-corrected chi connectivity index (χ2v) is 8.65. The minimum absolute atomic E-state index is 0.0844. The molecule has 4 nitrogen and oxygen atoms in total. The van der Waals surface area contributed by atoms with E-state index in [9.17, 15) is 12.8 Å². The summed E-state index contributed by atoms with van der Waals surface area (Å²) in [6, 6.07) is 13.9. The molecule has 7 heteroatoms. The second kappa shape index (κ2) is 6.48. The van der Waals surface area contributed by atoms with Gasteiger partial charge in [0.1, 0.15) is 5.82 Å². The maximum Gasteiger partial charge on any atom is 0.182 e. The average molecular weight is 379 g/mol. The maximum absolute atomic E-state index is 13.3. The fraction of sp³-hybridized carbons (Fsp3) is 0.278. The smallest absolute Gasteiger partial charge is 0.182 e.